The smallest absolute Gasteiger partial charge is 0.282 e. The third kappa shape index (κ3) is 4.73. The van der Waals surface area contributed by atoms with Gasteiger partial charge in [-0.15, -0.1) is 11.3 Å². The SMILES string of the molecule is CCCCCc1ccc(C(=O)N2CC(N3CCN(C(=O)c4nccs4)CC3)C2)cc1. The van der Waals surface area contributed by atoms with Crippen molar-refractivity contribution in [3.63, 3.8) is 0 Å². The zero-order chi connectivity index (χ0) is 20.9. The topological polar surface area (TPSA) is 56.8 Å². The number of nitrogens with zero attached hydrogens (tertiary/aromatic N) is 4. The van der Waals surface area contributed by atoms with Crippen molar-refractivity contribution in [2.45, 2.75) is 38.6 Å². The fourth-order valence-corrected chi connectivity index (χ4v) is 4.78. The van der Waals surface area contributed by atoms with Crippen molar-refractivity contribution in [2.24, 2.45) is 0 Å². The molecule has 2 saturated heterocycles. The maximum atomic E-state index is 12.7. The fraction of sp³-hybridized carbons (Fsp3) is 0.522. The van der Waals surface area contributed by atoms with Crippen LogP contribution in [0.5, 0.6) is 0 Å². The van der Waals surface area contributed by atoms with Crippen LogP contribution in [0.15, 0.2) is 35.8 Å². The van der Waals surface area contributed by atoms with Gasteiger partial charge < -0.3 is 9.80 Å². The Morgan fingerprint density at radius 2 is 1.73 bits per heavy atom. The zero-order valence-electron chi connectivity index (χ0n) is 17.6. The number of aromatic nitrogens is 1. The van der Waals surface area contributed by atoms with Gasteiger partial charge >= 0.3 is 0 Å². The number of hydrogen-bond donors (Lipinski definition) is 0. The molecule has 3 heterocycles. The molecule has 0 atom stereocenters. The number of rotatable bonds is 7. The average Bonchev–Trinajstić information content (AvgIpc) is 3.28. The molecule has 30 heavy (non-hydrogen) atoms. The van der Waals surface area contributed by atoms with Crippen LogP contribution < -0.4 is 0 Å². The number of carbonyl (C=O) groups excluding carboxylic acids is 2. The third-order valence-electron chi connectivity index (χ3n) is 6.15. The average molecular weight is 427 g/mol. The van der Waals surface area contributed by atoms with E-state index in [0.29, 0.717) is 11.0 Å². The molecule has 0 unspecified atom stereocenters. The second kappa shape index (κ2) is 9.71. The summed E-state index contributed by atoms with van der Waals surface area (Å²) in [5.74, 6) is 0.164. The second-order valence-electron chi connectivity index (χ2n) is 8.18. The Hall–Kier alpha value is -2.25. The van der Waals surface area contributed by atoms with Gasteiger partial charge in [0.25, 0.3) is 11.8 Å². The van der Waals surface area contributed by atoms with E-state index in [1.165, 1.54) is 36.2 Å². The lowest BCUT2D eigenvalue weighted by atomic mass is 10.0. The predicted octanol–water partition coefficient (Wildman–Crippen LogP) is 3.16. The van der Waals surface area contributed by atoms with E-state index in [9.17, 15) is 9.59 Å². The highest BCUT2D eigenvalue weighted by Gasteiger charge is 2.37. The van der Waals surface area contributed by atoms with Crippen molar-refractivity contribution < 1.29 is 9.59 Å². The number of carbonyl (C=O) groups is 2. The Balaban J connectivity index is 1.21. The number of unbranched alkanes of at least 4 members (excludes halogenated alkanes) is 2. The van der Waals surface area contributed by atoms with Crippen molar-refractivity contribution in [3.05, 3.63) is 52.0 Å². The van der Waals surface area contributed by atoms with Gasteiger partial charge in [-0.25, -0.2) is 4.98 Å². The summed E-state index contributed by atoms with van der Waals surface area (Å²) in [6, 6.07) is 8.54. The Bertz CT molecular complexity index is 839. The largest absolute Gasteiger partial charge is 0.335 e. The molecule has 7 heteroatoms. The van der Waals surface area contributed by atoms with E-state index in [1.807, 2.05) is 27.3 Å². The molecule has 2 aromatic rings. The van der Waals surface area contributed by atoms with Gasteiger partial charge in [-0.05, 0) is 30.5 Å². The first-order chi connectivity index (χ1) is 14.7. The number of piperazine rings is 1. The van der Waals surface area contributed by atoms with Gasteiger partial charge in [0.2, 0.25) is 0 Å². The van der Waals surface area contributed by atoms with Gasteiger partial charge in [-0.3, -0.25) is 14.5 Å². The van der Waals surface area contributed by atoms with Gasteiger partial charge in [0.05, 0.1) is 0 Å². The molecule has 4 rings (SSSR count). The molecule has 0 bridgehead atoms. The van der Waals surface area contributed by atoms with E-state index in [1.54, 1.807) is 6.20 Å². The molecule has 2 amide bonds. The van der Waals surface area contributed by atoms with Crippen LogP contribution in [0.25, 0.3) is 0 Å². The van der Waals surface area contributed by atoms with Gasteiger partial charge in [0.1, 0.15) is 0 Å². The first-order valence-electron chi connectivity index (χ1n) is 11.0. The predicted molar refractivity (Wildman–Crippen MR) is 119 cm³/mol. The van der Waals surface area contributed by atoms with Crippen LogP contribution in [0.2, 0.25) is 0 Å². The summed E-state index contributed by atoms with van der Waals surface area (Å²) in [7, 11) is 0. The van der Waals surface area contributed by atoms with Crippen molar-refractivity contribution in [2.75, 3.05) is 39.3 Å². The maximum absolute atomic E-state index is 12.7. The Morgan fingerprint density at radius 1 is 1.00 bits per heavy atom. The van der Waals surface area contributed by atoms with E-state index in [0.717, 1.165) is 51.3 Å². The fourth-order valence-electron chi connectivity index (χ4n) is 4.18. The molecule has 0 radical (unpaired) electrons. The quantitative estimate of drug-likeness (QED) is 0.638. The lowest BCUT2D eigenvalue weighted by Crippen LogP contribution is -2.64. The van der Waals surface area contributed by atoms with E-state index < -0.39 is 0 Å². The maximum Gasteiger partial charge on any atom is 0.282 e. The minimum absolute atomic E-state index is 0.0354. The minimum atomic E-state index is 0.0354. The summed E-state index contributed by atoms with van der Waals surface area (Å²) in [6.45, 7) is 6.93. The molecule has 0 aliphatic carbocycles. The van der Waals surface area contributed by atoms with E-state index in [2.05, 4.69) is 28.9 Å². The van der Waals surface area contributed by atoms with Crippen molar-refractivity contribution in [1.29, 1.82) is 0 Å². The van der Waals surface area contributed by atoms with Crippen LogP contribution >= 0.6 is 11.3 Å². The molecule has 6 nitrogen and oxygen atoms in total. The summed E-state index contributed by atoms with van der Waals surface area (Å²) in [5, 5.41) is 2.41. The van der Waals surface area contributed by atoms with Crippen LogP contribution in [-0.4, -0.2) is 76.8 Å². The number of aryl methyl sites for hydroxylation is 1. The lowest BCUT2D eigenvalue weighted by Gasteiger charge is -2.48. The van der Waals surface area contributed by atoms with Crippen molar-refractivity contribution >= 4 is 23.2 Å². The summed E-state index contributed by atoms with van der Waals surface area (Å²) in [4.78, 5) is 35.5. The van der Waals surface area contributed by atoms with Crippen LogP contribution in [0.4, 0.5) is 0 Å². The minimum Gasteiger partial charge on any atom is -0.335 e. The summed E-state index contributed by atoms with van der Waals surface area (Å²) in [6.07, 6.45) is 6.45. The van der Waals surface area contributed by atoms with Crippen LogP contribution in [-0.2, 0) is 6.42 Å². The Labute approximate surface area is 182 Å². The van der Waals surface area contributed by atoms with Crippen molar-refractivity contribution in [3.8, 4) is 0 Å². The van der Waals surface area contributed by atoms with E-state index in [-0.39, 0.29) is 11.8 Å². The molecule has 0 N–H and O–H groups in total. The highest BCUT2D eigenvalue weighted by molar-refractivity contribution is 7.11. The van der Waals surface area contributed by atoms with Gasteiger partial charge in [0.15, 0.2) is 5.01 Å². The summed E-state index contributed by atoms with van der Waals surface area (Å²) < 4.78 is 0. The Kier molecular flexibility index (Phi) is 6.79. The van der Waals surface area contributed by atoms with Crippen LogP contribution in [0.1, 0.15) is 51.9 Å². The molecule has 160 valence electrons. The molecular weight excluding hydrogens is 396 g/mol. The lowest BCUT2D eigenvalue weighted by molar-refractivity contribution is 0.00853. The van der Waals surface area contributed by atoms with E-state index >= 15 is 0 Å². The normalized spacial score (nSPS) is 17.8. The van der Waals surface area contributed by atoms with E-state index in [4.69, 9.17) is 0 Å². The van der Waals surface area contributed by atoms with Crippen LogP contribution in [0.3, 0.4) is 0 Å². The number of thiazole rings is 1. The second-order valence-corrected chi connectivity index (χ2v) is 9.08. The molecule has 2 aliphatic rings. The first kappa shape index (κ1) is 21.0. The monoisotopic (exact) mass is 426 g/mol. The molecule has 1 aromatic heterocycles. The number of likely N-dealkylation sites (tertiary alicyclic amines) is 1. The van der Waals surface area contributed by atoms with Crippen molar-refractivity contribution in [1.82, 2.24) is 19.7 Å². The molecule has 2 aliphatic heterocycles. The zero-order valence-corrected chi connectivity index (χ0v) is 18.4. The highest BCUT2D eigenvalue weighted by atomic mass is 32.1. The molecule has 1 aromatic carbocycles. The highest BCUT2D eigenvalue weighted by Crippen LogP contribution is 2.21. The number of benzene rings is 1. The number of hydrogen-bond acceptors (Lipinski definition) is 5. The third-order valence-corrected chi connectivity index (χ3v) is 6.91. The Morgan fingerprint density at radius 3 is 2.37 bits per heavy atom. The molecule has 2 fully saturated rings. The summed E-state index contributed by atoms with van der Waals surface area (Å²) >= 11 is 1.39. The summed E-state index contributed by atoms with van der Waals surface area (Å²) in [5.41, 5.74) is 2.10. The molecular formula is C23H30N4O2S. The molecule has 0 saturated carbocycles. The number of amides is 2. The van der Waals surface area contributed by atoms with Crippen LogP contribution in [0, 0.1) is 0 Å². The first-order valence-corrected chi connectivity index (χ1v) is 11.8. The van der Waals surface area contributed by atoms with Gasteiger partial charge in [-0.2, -0.15) is 0 Å². The molecule has 0 spiro atoms. The van der Waals surface area contributed by atoms with Gasteiger partial charge in [-0.1, -0.05) is 31.9 Å². The van der Waals surface area contributed by atoms with Gasteiger partial charge in [0, 0.05) is 62.5 Å². The standard InChI is InChI=1S/C23H30N4O2S/c1-2-3-4-5-18-6-8-19(9-7-18)22(28)27-16-20(17-27)25-11-13-26(14-12-25)23(29)21-24-10-15-30-21/h6-10,15,20H,2-5,11-14,16-17H2,1H3.